The van der Waals surface area contributed by atoms with Crippen molar-refractivity contribution in [3.8, 4) is 11.1 Å². The Morgan fingerprint density at radius 3 is 2.40 bits per heavy atom. The third-order valence-electron chi connectivity index (χ3n) is 5.34. The average molecular weight is 262 g/mol. The average Bonchev–Trinajstić information content (AvgIpc) is 2.84. The molecule has 0 aliphatic heterocycles. The molecule has 102 valence electrons. The van der Waals surface area contributed by atoms with Crippen LogP contribution in [-0.2, 0) is 0 Å². The normalized spacial score (nSPS) is 21.6. The first kappa shape index (κ1) is 12.2. The van der Waals surface area contributed by atoms with Crippen LogP contribution in [0.1, 0.15) is 54.7 Å². The van der Waals surface area contributed by atoms with Crippen LogP contribution in [0.2, 0.25) is 0 Å². The summed E-state index contributed by atoms with van der Waals surface area (Å²) in [6.45, 7) is 2.29. The minimum Gasteiger partial charge on any atom is -0.0619 e. The molecule has 0 N–H and O–H groups in total. The van der Waals surface area contributed by atoms with Crippen molar-refractivity contribution in [3.05, 3.63) is 59.2 Å². The summed E-state index contributed by atoms with van der Waals surface area (Å²) in [6, 6.07) is 15.9. The van der Waals surface area contributed by atoms with Crippen molar-refractivity contribution in [2.24, 2.45) is 5.92 Å². The van der Waals surface area contributed by atoms with Crippen LogP contribution >= 0.6 is 0 Å². The molecule has 2 aliphatic rings. The lowest BCUT2D eigenvalue weighted by Crippen LogP contribution is -2.16. The minimum atomic E-state index is 0.655. The number of rotatable bonds is 1. The molecule has 2 aliphatic carbocycles. The number of benzene rings is 2. The van der Waals surface area contributed by atoms with Crippen LogP contribution < -0.4 is 0 Å². The Hall–Kier alpha value is -1.56. The van der Waals surface area contributed by atoms with Crippen LogP contribution in [0.3, 0.4) is 0 Å². The summed E-state index contributed by atoms with van der Waals surface area (Å²) in [6.07, 6.45) is 7.10. The molecule has 0 saturated heterocycles. The predicted molar refractivity (Wildman–Crippen MR) is 85.0 cm³/mol. The molecule has 1 atom stereocenters. The summed E-state index contributed by atoms with van der Waals surface area (Å²) in [5.41, 5.74) is 7.68. The molecule has 0 heteroatoms. The topological polar surface area (TPSA) is 0 Å². The second kappa shape index (κ2) is 4.77. The minimum absolute atomic E-state index is 0.655. The van der Waals surface area contributed by atoms with Crippen molar-refractivity contribution in [2.75, 3.05) is 0 Å². The first-order valence-corrected chi connectivity index (χ1v) is 8.05. The van der Waals surface area contributed by atoms with Gasteiger partial charge in [-0.15, -0.1) is 0 Å². The highest BCUT2D eigenvalue weighted by Crippen LogP contribution is 2.52. The molecule has 1 unspecified atom stereocenters. The maximum Gasteiger partial charge on any atom is 0.0132 e. The van der Waals surface area contributed by atoms with Crippen LogP contribution in [0.15, 0.2) is 42.5 Å². The number of hydrogen-bond donors (Lipinski definition) is 0. The molecular formula is C20H22. The standard InChI is InChI=1S/C20H22/c1-14-8-7-13-17-16-11-5-6-12-18(16)20(19(14)17)15-9-3-2-4-10-15/h5-8,11-13,15,20H,2-4,9-10H2,1H3. The Morgan fingerprint density at radius 1 is 0.800 bits per heavy atom. The molecule has 0 amide bonds. The first-order chi connectivity index (χ1) is 9.86. The SMILES string of the molecule is Cc1cccc2c1C(C1CCCCC1)c1ccccc1-2. The zero-order chi connectivity index (χ0) is 13.5. The van der Waals surface area contributed by atoms with E-state index in [0.29, 0.717) is 5.92 Å². The lowest BCUT2D eigenvalue weighted by atomic mass is 9.75. The van der Waals surface area contributed by atoms with Crippen LogP contribution in [0.25, 0.3) is 11.1 Å². The zero-order valence-corrected chi connectivity index (χ0v) is 12.2. The van der Waals surface area contributed by atoms with Crippen molar-refractivity contribution < 1.29 is 0 Å². The fourth-order valence-corrected chi connectivity index (χ4v) is 4.45. The van der Waals surface area contributed by atoms with Gasteiger partial charge in [-0.25, -0.2) is 0 Å². The molecular weight excluding hydrogens is 240 g/mol. The van der Waals surface area contributed by atoms with Gasteiger partial charge < -0.3 is 0 Å². The summed E-state index contributed by atoms with van der Waals surface area (Å²) in [5.74, 6) is 1.51. The molecule has 2 aromatic carbocycles. The van der Waals surface area contributed by atoms with E-state index in [9.17, 15) is 0 Å². The molecule has 0 spiro atoms. The molecule has 0 aromatic heterocycles. The highest BCUT2D eigenvalue weighted by Gasteiger charge is 2.35. The predicted octanol–water partition coefficient (Wildman–Crippen LogP) is 5.69. The third kappa shape index (κ3) is 1.74. The summed E-state index contributed by atoms with van der Waals surface area (Å²) in [5, 5.41) is 0. The van der Waals surface area contributed by atoms with E-state index in [1.165, 1.54) is 48.8 Å². The summed E-state index contributed by atoms with van der Waals surface area (Å²) < 4.78 is 0. The molecule has 0 radical (unpaired) electrons. The van der Waals surface area contributed by atoms with Gasteiger partial charge in [0.25, 0.3) is 0 Å². The highest BCUT2D eigenvalue weighted by atomic mass is 14.4. The van der Waals surface area contributed by atoms with Crippen LogP contribution in [0.4, 0.5) is 0 Å². The van der Waals surface area contributed by atoms with E-state index in [1.807, 2.05) is 0 Å². The van der Waals surface area contributed by atoms with Gasteiger partial charge in [-0.1, -0.05) is 61.7 Å². The monoisotopic (exact) mass is 262 g/mol. The lowest BCUT2D eigenvalue weighted by Gasteiger charge is -2.29. The fraction of sp³-hybridized carbons (Fsp3) is 0.400. The van der Waals surface area contributed by atoms with E-state index in [-0.39, 0.29) is 0 Å². The Bertz CT molecular complexity index is 632. The highest BCUT2D eigenvalue weighted by molar-refractivity contribution is 5.80. The van der Waals surface area contributed by atoms with Crippen molar-refractivity contribution in [1.82, 2.24) is 0 Å². The molecule has 20 heavy (non-hydrogen) atoms. The van der Waals surface area contributed by atoms with Crippen LogP contribution in [0.5, 0.6) is 0 Å². The van der Waals surface area contributed by atoms with Gasteiger partial charge in [0.1, 0.15) is 0 Å². The molecule has 0 bridgehead atoms. The number of fused-ring (bicyclic) bond motifs is 3. The van der Waals surface area contributed by atoms with E-state index < -0.39 is 0 Å². The Labute approximate surface area is 121 Å². The van der Waals surface area contributed by atoms with Crippen molar-refractivity contribution in [3.63, 3.8) is 0 Å². The third-order valence-corrected chi connectivity index (χ3v) is 5.34. The van der Waals surface area contributed by atoms with Crippen LogP contribution in [0, 0.1) is 12.8 Å². The van der Waals surface area contributed by atoms with Gasteiger partial charge in [0, 0.05) is 5.92 Å². The lowest BCUT2D eigenvalue weighted by molar-refractivity contribution is 0.330. The summed E-state index contributed by atoms with van der Waals surface area (Å²) in [7, 11) is 0. The van der Waals surface area contributed by atoms with Gasteiger partial charge in [0.05, 0.1) is 0 Å². The van der Waals surface area contributed by atoms with Gasteiger partial charge >= 0.3 is 0 Å². The largest absolute Gasteiger partial charge is 0.0619 e. The zero-order valence-electron chi connectivity index (χ0n) is 12.2. The van der Waals surface area contributed by atoms with Gasteiger partial charge in [-0.05, 0) is 53.5 Å². The Balaban J connectivity index is 1.90. The van der Waals surface area contributed by atoms with E-state index in [1.54, 1.807) is 11.1 Å². The van der Waals surface area contributed by atoms with E-state index in [4.69, 9.17) is 0 Å². The summed E-state index contributed by atoms with van der Waals surface area (Å²) in [4.78, 5) is 0. The smallest absolute Gasteiger partial charge is 0.0132 e. The maximum atomic E-state index is 2.37. The quantitative estimate of drug-likeness (QED) is 0.619. The van der Waals surface area contributed by atoms with Gasteiger partial charge in [-0.2, -0.15) is 0 Å². The van der Waals surface area contributed by atoms with Crippen molar-refractivity contribution >= 4 is 0 Å². The first-order valence-electron chi connectivity index (χ1n) is 8.05. The van der Waals surface area contributed by atoms with Crippen molar-refractivity contribution in [1.29, 1.82) is 0 Å². The van der Waals surface area contributed by atoms with E-state index >= 15 is 0 Å². The molecule has 0 nitrogen and oxygen atoms in total. The fourth-order valence-electron chi connectivity index (χ4n) is 4.45. The van der Waals surface area contributed by atoms with Gasteiger partial charge in [0.2, 0.25) is 0 Å². The molecule has 0 heterocycles. The number of aryl methyl sites for hydroxylation is 1. The van der Waals surface area contributed by atoms with Crippen molar-refractivity contribution in [2.45, 2.75) is 44.9 Å². The van der Waals surface area contributed by atoms with Gasteiger partial charge in [0.15, 0.2) is 0 Å². The van der Waals surface area contributed by atoms with Gasteiger partial charge in [-0.3, -0.25) is 0 Å². The summed E-state index contributed by atoms with van der Waals surface area (Å²) >= 11 is 0. The molecule has 2 aromatic rings. The second-order valence-corrected chi connectivity index (χ2v) is 6.50. The molecule has 1 fully saturated rings. The Morgan fingerprint density at radius 2 is 1.55 bits per heavy atom. The number of hydrogen-bond acceptors (Lipinski definition) is 0. The molecule has 4 rings (SSSR count). The van der Waals surface area contributed by atoms with Crippen LogP contribution in [-0.4, -0.2) is 0 Å². The second-order valence-electron chi connectivity index (χ2n) is 6.50. The maximum absolute atomic E-state index is 2.37. The molecule has 1 saturated carbocycles. The van der Waals surface area contributed by atoms with E-state index in [2.05, 4.69) is 49.4 Å². The van der Waals surface area contributed by atoms with E-state index in [0.717, 1.165) is 5.92 Å². The Kier molecular flexibility index (Phi) is 2.91.